The zero-order chi connectivity index (χ0) is 20.2. The van der Waals surface area contributed by atoms with Crippen molar-refractivity contribution in [2.75, 3.05) is 32.1 Å². The van der Waals surface area contributed by atoms with Gasteiger partial charge in [0.05, 0.1) is 17.7 Å². The number of nitrogens with zero attached hydrogens (tertiary/aromatic N) is 3. The third-order valence-corrected chi connectivity index (χ3v) is 6.27. The molecule has 0 atom stereocenters. The van der Waals surface area contributed by atoms with Crippen LogP contribution in [0.1, 0.15) is 24.8 Å². The van der Waals surface area contributed by atoms with Crippen molar-refractivity contribution in [2.24, 2.45) is 4.99 Å². The highest BCUT2D eigenvalue weighted by atomic mass is 32.2. The van der Waals surface area contributed by atoms with E-state index in [0.29, 0.717) is 10.1 Å². The molecule has 2 aromatic rings. The molecule has 2 aromatic carbocycles. The van der Waals surface area contributed by atoms with E-state index < -0.39 is 0 Å². The van der Waals surface area contributed by atoms with Crippen LogP contribution in [0.15, 0.2) is 58.4 Å². The number of aliphatic imine (C=N–C) groups is 1. The average molecular weight is 408 g/mol. The highest BCUT2D eigenvalue weighted by molar-refractivity contribution is 8.18. The fraction of sp³-hybridized carbons (Fsp3) is 0.304. The molecule has 29 heavy (non-hydrogen) atoms. The molecule has 0 bridgehead atoms. The van der Waals surface area contributed by atoms with Crippen LogP contribution in [0.3, 0.4) is 0 Å². The minimum absolute atomic E-state index is 0.0492. The van der Waals surface area contributed by atoms with Gasteiger partial charge in [-0.25, -0.2) is 4.99 Å². The molecule has 0 unspecified atom stereocenters. The Bertz CT molecular complexity index is 950. The highest BCUT2D eigenvalue weighted by Gasteiger charge is 2.30. The van der Waals surface area contributed by atoms with E-state index in [4.69, 9.17) is 4.74 Å². The first-order valence-corrected chi connectivity index (χ1v) is 10.7. The molecule has 1 amide bonds. The number of carbonyl (C=O) groups is 1. The molecule has 0 radical (unpaired) electrons. The molecule has 4 rings (SSSR count). The van der Waals surface area contributed by atoms with Crippen LogP contribution in [-0.2, 0) is 4.79 Å². The summed E-state index contributed by atoms with van der Waals surface area (Å²) in [4.78, 5) is 22.0. The topological polar surface area (TPSA) is 45.1 Å². The molecule has 150 valence electrons. The maximum atomic E-state index is 12.7. The van der Waals surface area contributed by atoms with Gasteiger partial charge in [0, 0.05) is 37.5 Å². The third-order valence-electron chi connectivity index (χ3n) is 5.21. The average Bonchev–Trinajstić information content (AvgIpc) is 3.03. The molecule has 2 saturated heterocycles. The van der Waals surface area contributed by atoms with Gasteiger partial charge in [-0.2, -0.15) is 0 Å². The van der Waals surface area contributed by atoms with Gasteiger partial charge in [-0.15, -0.1) is 0 Å². The van der Waals surface area contributed by atoms with Crippen molar-refractivity contribution in [3.8, 4) is 5.75 Å². The van der Waals surface area contributed by atoms with Gasteiger partial charge in [0.15, 0.2) is 5.17 Å². The van der Waals surface area contributed by atoms with Crippen molar-refractivity contribution in [3.63, 3.8) is 0 Å². The van der Waals surface area contributed by atoms with Gasteiger partial charge in [0.25, 0.3) is 5.91 Å². The van der Waals surface area contributed by atoms with E-state index in [1.807, 2.05) is 42.5 Å². The van der Waals surface area contributed by atoms with Crippen LogP contribution in [0, 0.1) is 0 Å². The van der Waals surface area contributed by atoms with Crippen LogP contribution in [0.4, 0.5) is 11.4 Å². The number of amides is 1. The number of amidine groups is 1. The number of benzene rings is 2. The van der Waals surface area contributed by atoms with Crippen molar-refractivity contribution in [2.45, 2.75) is 19.3 Å². The Morgan fingerprint density at radius 3 is 2.55 bits per heavy atom. The normalized spacial score (nSPS) is 20.0. The van der Waals surface area contributed by atoms with Gasteiger partial charge in [0.2, 0.25) is 0 Å². The molecule has 2 aliphatic heterocycles. The number of thioether (sulfide) groups is 1. The zero-order valence-electron chi connectivity index (χ0n) is 16.8. The predicted molar refractivity (Wildman–Crippen MR) is 121 cm³/mol. The summed E-state index contributed by atoms with van der Waals surface area (Å²) >= 11 is 1.39. The molecule has 2 heterocycles. The molecular formula is C23H25N3O2S. The molecule has 0 saturated carbocycles. The largest absolute Gasteiger partial charge is 0.496 e. The van der Waals surface area contributed by atoms with Gasteiger partial charge < -0.3 is 9.64 Å². The second kappa shape index (κ2) is 8.74. The zero-order valence-corrected chi connectivity index (χ0v) is 17.6. The Balaban J connectivity index is 1.60. The van der Waals surface area contributed by atoms with E-state index in [1.54, 1.807) is 19.1 Å². The maximum Gasteiger partial charge on any atom is 0.266 e. The molecule has 6 heteroatoms. The second-order valence-electron chi connectivity index (χ2n) is 7.18. The van der Waals surface area contributed by atoms with E-state index >= 15 is 0 Å². The molecular weight excluding hydrogens is 382 g/mol. The van der Waals surface area contributed by atoms with Crippen LogP contribution in [0.2, 0.25) is 0 Å². The number of hydrogen-bond acceptors (Lipinski definition) is 5. The predicted octanol–water partition coefficient (Wildman–Crippen LogP) is 4.92. The summed E-state index contributed by atoms with van der Waals surface area (Å²) in [6.07, 6.45) is 5.66. The number of ether oxygens (including phenoxy) is 1. The van der Waals surface area contributed by atoms with E-state index in [1.165, 1.54) is 36.7 Å². The number of carbonyl (C=O) groups excluding carboxylic acids is 1. The maximum absolute atomic E-state index is 12.7. The Morgan fingerprint density at radius 2 is 1.83 bits per heavy atom. The first-order valence-electron chi connectivity index (χ1n) is 9.90. The van der Waals surface area contributed by atoms with E-state index in [9.17, 15) is 4.79 Å². The second-order valence-corrected chi connectivity index (χ2v) is 8.19. The molecule has 0 aromatic heterocycles. The summed E-state index contributed by atoms with van der Waals surface area (Å²) in [5.74, 6) is 0.733. The Hall–Kier alpha value is -2.73. The molecule has 2 aliphatic rings. The van der Waals surface area contributed by atoms with Crippen molar-refractivity contribution in [1.82, 2.24) is 4.90 Å². The summed E-state index contributed by atoms with van der Waals surface area (Å²) in [6, 6.07) is 15.9. The Kier molecular flexibility index (Phi) is 5.90. The van der Waals surface area contributed by atoms with Gasteiger partial charge in [-0.1, -0.05) is 18.2 Å². The molecule has 0 aliphatic carbocycles. The molecule has 0 N–H and O–H groups in total. The molecule has 5 nitrogen and oxygen atoms in total. The Morgan fingerprint density at radius 1 is 1.07 bits per heavy atom. The lowest BCUT2D eigenvalue weighted by Crippen LogP contribution is -2.29. The summed E-state index contributed by atoms with van der Waals surface area (Å²) in [5.41, 5.74) is 2.91. The van der Waals surface area contributed by atoms with E-state index in [-0.39, 0.29) is 5.91 Å². The minimum atomic E-state index is -0.0492. The monoisotopic (exact) mass is 407 g/mol. The van der Waals surface area contributed by atoms with Gasteiger partial charge in [-0.05, 0) is 61.4 Å². The van der Waals surface area contributed by atoms with Crippen LogP contribution >= 0.6 is 11.8 Å². The molecule has 0 spiro atoms. The van der Waals surface area contributed by atoms with Gasteiger partial charge in [-0.3, -0.25) is 9.69 Å². The van der Waals surface area contributed by atoms with E-state index in [0.717, 1.165) is 30.1 Å². The standard InChI is InChI=1S/C23H25N3O2S/c1-25-22(27)21(29-23(25)24-18-9-5-3-6-10-18)15-17-11-12-19(16-20(17)28-2)26-13-7-4-8-14-26/h3,5-6,9-12,15-16H,4,7-8,13-14H2,1-2H3/b21-15-,24-23?. The van der Waals surface area contributed by atoms with Crippen molar-refractivity contribution in [1.29, 1.82) is 0 Å². The SMILES string of the molecule is COc1cc(N2CCCCC2)ccc1/C=C1\SC(=Nc2ccccc2)N(C)C1=O. The van der Waals surface area contributed by atoms with Crippen LogP contribution in [0.25, 0.3) is 6.08 Å². The highest BCUT2D eigenvalue weighted by Crippen LogP contribution is 2.36. The number of hydrogen-bond donors (Lipinski definition) is 0. The van der Waals surface area contributed by atoms with Crippen LogP contribution < -0.4 is 9.64 Å². The third kappa shape index (κ3) is 4.32. The van der Waals surface area contributed by atoms with Crippen molar-refractivity contribution in [3.05, 3.63) is 59.0 Å². The number of piperidine rings is 1. The number of rotatable bonds is 4. The number of anilines is 1. The minimum Gasteiger partial charge on any atom is -0.496 e. The lowest BCUT2D eigenvalue weighted by molar-refractivity contribution is -0.121. The number of likely N-dealkylation sites (N-methyl/N-ethyl adjacent to an activating group) is 1. The molecule has 2 fully saturated rings. The summed E-state index contributed by atoms with van der Waals surface area (Å²) in [7, 11) is 3.43. The van der Waals surface area contributed by atoms with Gasteiger partial charge >= 0.3 is 0 Å². The quantitative estimate of drug-likeness (QED) is 0.675. The number of methoxy groups -OCH3 is 1. The van der Waals surface area contributed by atoms with Crippen molar-refractivity contribution < 1.29 is 9.53 Å². The summed E-state index contributed by atoms with van der Waals surface area (Å²) in [5, 5.41) is 0.677. The summed E-state index contributed by atoms with van der Waals surface area (Å²) < 4.78 is 5.64. The fourth-order valence-corrected chi connectivity index (χ4v) is 4.55. The number of para-hydroxylation sites is 1. The van der Waals surface area contributed by atoms with Crippen molar-refractivity contribution >= 4 is 40.3 Å². The van der Waals surface area contributed by atoms with Crippen LogP contribution in [-0.4, -0.2) is 43.2 Å². The Labute approximate surface area is 176 Å². The smallest absolute Gasteiger partial charge is 0.266 e. The first kappa shape index (κ1) is 19.6. The fourth-order valence-electron chi connectivity index (χ4n) is 3.57. The summed E-state index contributed by atoms with van der Waals surface area (Å²) in [6.45, 7) is 2.17. The van der Waals surface area contributed by atoms with Gasteiger partial charge in [0.1, 0.15) is 5.75 Å². The van der Waals surface area contributed by atoms with E-state index in [2.05, 4.69) is 22.0 Å². The lowest BCUT2D eigenvalue weighted by Gasteiger charge is -2.29. The first-order chi connectivity index (χ1) is 14.2. The lowest BCUT2D eigenvalue weighted by atomic mass is 10.1. The van der Waals surface area contributed by atoms with Crippen LogP contribution in [0.5, 0.6) is 5.75 Å².